The Bertz CT molecular complexity index is 852. The van der Waals surface area contributed by atoms with Gasteiger partial charge in [0.1, 0.15) is 25.0 Å². The number of methoxy groups -OCH3 is 1. The van der Waals surface area contributed by atoms with Crippen LogP contribution in [0.25, 0.3) is 0 Å². The smallest absolute Gasteiger partial charge is 0.179 e. The first-order valence-corrected chi connectivity index (χ1v) is 9.55. The van der Waals surface area contributed by atoms with Gasteiger partial charge in [-0.05, 0) is 40.2 Å². The second-order valence-corrected chi connectivity index (χ2v) is 8.86. The summed E-state index contributed by atoms with van der Waals surface area (Å²) in [6, 6.07) is 13.8. The van der Waals surface area contributed by atoms with Crippen LogP contribution < -0.4 is 14.2 Å². The van der Waals surface area contributed by atoms with Gasteiger partial charge in [-0.2, -0.15) is 5.26 Å². The van der Waals surface area contributed by atoms with Gasteiger partial charge in [0.2, 0.25) is 0 Å². The molecule has 0 spiro atoms. The monoisotopic (exact) mass is 381 g/mol. The third kappa shape index (κ3) is 5.19. The molecule has 0 aliphatic heterocycles. The lowest BCUT2D eigenvalue weighted by Gasteiger charge is -2.27. The van der Waals surface area contributed by atoms with E-state index in [2.05, 4.69) is 59.7 Å². The standard InChI is InChI=1S/C24H31NO3/c1-23(2,3)18-11-12-20(19(15-18)24(4,5)6)27-13-14-28-22-17(16-25)9-8-10-21(22)26-7/h8-12,15H,13-14H2,1-7H3. The highest BCUT2D eigenvalue weighted by atomic mass is 16.5. The molecule has 0 unspecified atom stereocenters. The molecule has 0 atom stereocenters. The maximum Gasteiger partial charge on any atom is 0.179 e. The molecule has 0 aromatic heterocycles. The molecule has 0 amide bonds. The molecule has 0 saturated heterocycles. The summed E-state index contributed by atoms with van der Waals surface area (Å²) in [7, 11) is 1.56. The Hall–Kier alpha value is -2.67. The van der Waals surface area contributed by atoms with Gasteiger partial charge in [0.15, 0.2) is 11.5 Å². The minimum Gasteiger partial charge on any atom is -0.493 e. The van der Waals surface area contributed by atoms with Gasteiger partial charge in [0, 0.05) is 0 Å². The summed E-state index contributed by atoms with van der Waals surface area (Å²) in [4.78, 5) is 0. The molecular weight excluding hydrogens is 350 g/mol. The van der Waals surface area contributed by atoms with Crippen molar-refractivity contribution in [3.05, 3.63) is 53.1 Å². The summed E-state index contributed by atoms with van der Waals surface area (Å²) in [5.41, 5.74) is 2.96. The minimum atomic E-state index is -0.0337. The lowest BCUT2D eigenvalue weighted by molar-refractivity contribution is 0.208. The maximum atomic E-state index is 9.27. The molecule has 2 rings (SSSR count). The van der Waals surface area contributed by atoms with E-state index in [1.165, 1.54) is 11.1 Å². The molecule has 2 aromatic carbocycles. The van der Waals surface area contributed by atoms with Crippen molar-refractivity contribution in [3.63, 3.8) is 0 Å². The summed E-state index contributed by atoms with van der Waals surface area (Å²) < 4.78 is 17.1. The van der Waals surface area contributed by atoms with Crippen molar-refractivity contribution in [1.82, 2.24) is 0 Å². The topological polar surface area (TPSA) is 51.5 Å². The predicted molar refractivity (Wildman–Crippen MR) is 113 cm³/mol. The Morgan fingerprint density at radius 2 is 1.54 bits per heavy atom. The van der Waals surface area contributed by atoms with Crippen molar-refractivity contribution in [1.29, 1.82) is 5.26 Å². The third-order valence-corrected chi connectivity index (χ3v) is 4.56. The molecule has 0 heterocycles. The summed E-state index contributed by atoms with van der Waals surface area (Å²) in [6.07, 6.45) is 0. The zero-order chi connectivity index (χ0) is 20.9. The molecular formula is C24H31NO3. The Morgan fingerprint density at radius 1 is 0.857 bits per heavy atom. The fourth-order valence-corrected chi connectivity index (χ4v) is 2.92. The zero-order valence-electron chi connectivity index (χ0n) is 18.1. The molecule has 0 bridgehead atoms. The van der Waals surface area contributed by atoms with Crippen LogP contribution in [-0.4, -0.2) is 20.3 Å². The van der Waals surface area contributed by atoms with Gasteiger partial charge in [-0.15, -0.1) is 0 Å². The minimum absolute atomic E-state index is 0.0337. The lowest BCUT2D eigenvalue weighted by atomic mass is 9.80. The lowest BCUT2D eigenvalue weighted by Crippen LogP contribution is -2.19. The molecule has 150 valence electrons. The number of nitriles is 1. The molecule has 2 aromatic rings. The summed E-state index contributed by atoms with van der Waals surface area (Å²) in [5, 5.41) is 9.27. The number of rotatable bonds is 6. The predicted octanol–water partition coefficient (Wildman–Crippen LogP) is 5.62. The van der Waals surface area contributed by atoms with E-state index in [0.717, 1.165) is 5.75 Å². The van der Waals surface area contributed by atoms with Crippen molar-refractivity contribution in [2.45, 2.75) is 52.4 Å². The van der Waals surface area contributed by atoms with Gasteiger partial charge in [0.05, 0.1) is 12.7 Å². The van der Waals surface area contributed by atoms with Crippen LogP contribution in [0.1, 0.15) is 58.2 Å². The van der Waals surface area contributed by atoms with E-state index in [1.807, 2.05) is 6.07 Å². The van der Waals surface area contributed by atoms with Crippen LogP contribution in [0.5, 0.6) is 17.2 Å². The van der Waals surface area contributed by atoms with Crippen LogP contribution in [0, 0.1) is 11.3 Å². The van der Waals surface area contributed by atoms with Crippen LogP contribution in [0.2, 0.25) is 0 Å². The SMILES string of the molecule is COc1cccc(C#N)c1OCCOc1ccc(C(C)(C)C)cc1C(C)(C)C. The molecule has 0 aliphatic rings. The van der Waals surface area contributed by atoms with Gasteiger partial charge in [0.25, 0.3) is 0 Å². The molecule has 0 fully saturated rings. The van der Waals surface area contributed by atoms with Crippen LogP contribution in [0.4, 0.5) is 0 Å². The number of hydrogen-bond donors (Lipinski definition) is 0. The second kappa shape index (κ2) is 8.56. The van der Waals surface area contributed by atoms with E-state index in [-0.39, 0.29) is 10.8 Å². The second-order valence-electron chi connectivity index (χ2n) is 8.86. The number of nitrogens with zero attached hydrogens (tertiary/aromatic N) is 1. The molecule has 0 aliphatic carbocycles. The molecule has 0 saturated carbocycles. The third-order valence-electron chi connectivity index (χ3n) is 4.56. The Labute approximate surface area is 169 Å². The first kappa shape index (κ1) is 21.6. The number of para-hydroxylation sites is 1. The Kier molecular flexibility index (Phi) is 6.61. The van der Waals surface area contributed by atoms with Gasteiger partial charge in [-0.3, -0.25) is 0 Å². The van der Waals surface area contributed by atoms with Crippen LogP contribution in [0.3, 0.4) is 0 Å². The molecule has 28 heavy (non-hydrogen) atoms. The van der Waals surface area contributed by atoms with E-state index in [4.69, 9.17) is 14.2 Å². The van der Waals surface area contributed by atoms with E-state index in [1.54, 1.807) is 25.3 Å². The van der Waals surface area contributed by atoms with E-state index >= 15 is 0 Å². The highest BCUT2D eigenvalue weighted by Gasteiger charge is 2.23. The first-order valence-electron chi connectivity index (χ1n) is 9.55. The molecule has 0 N–H and O–H groups in total. The largest absolute Gasteiger partial charge is 0.493 e. The number of ether oxygens (including phenoxy) is 3. The average Bonchev–Trinajstić information content (AvgIpc) is 2.63. The van der Waals surface area contributed by atoms with Crippen LogP contribution >= 0.6 is 0 Å². The van der Waals surface area contributed by atoms with Crippen LogP contribution in [0.15, 0.2) is 36.4 Å². The average molecular weight is 382 g/mol. The van der Waals surface area contributed by atoms with E-state index < -0.39 is 0 Å². The normalized spacial score (nSPS) is 11.6. The van der Waals surface area contributed by atoms with Crippen molar-refractivity contribution in [2.24, 2.45) is 0 Å². The Balaban J connectivity index is 2.13. The van der Waals surface area contributed by atoms with E-state index in [0.29, 0.717) is 30.3 Å². The van der Waals surface area contributed by atoms with Crippen molar-refractivity contribution < 1.29 is 14.2 Å². The van der Waals surface area contributed by atoms with Gasteiger partial charge in [-0.1, -0.05) is 59.7 Å². The van der Waals surface area contributed by atoms with E-state index in [9.17, 15) is 5.26 Å². The fraction of sp³-hybridized carbons (Fsp3) is 0.458. The van der Waals surface area contributed by atoms with Gasteiger partial charge >= 0.3 is 0 Å². The van der Waals surface area contributed by atoms with Crippen molar-refractivity contribution in [3.8, 4) is 23.3 Å². The molecule has 4 heteroatoms. The Morgan fingerprint density at radius 3 is 2.11 bits per heavy atom. The highest BCUT2D eigenvalue weighted by Crippen LogP contribution is 2.35. The van der Waals surface area contributed by atoms with Gasteiger partial charge in [-0.25, -0.2) is 0 Å². The summed E-state index contributed by atoms with van der Waals surface area (Å²) in [6.45, 7) is 13.9. The number of benzene rings is 2. The summed E-state index contributed by atoms with van der Waals surface area (Å²) in [5.74, 6) is 1.86. The quantitative estimate of drug-likeness (QED) is 0.609. The fourth-order valence-electron chi connectivity index (χ4n) is 2.92. The number of hydrogen-bond acceptors (Lipinski definition) is 4. The van der Waals surface area contributed by atoms with Gasteiger partial charge < -0.3 is 14.2 Å². The first-order chi connectivity index (χ1) is 13.1. The molecule has 0 radical (unpaired) electrons. The van der Waals surface area contributed by atoms with Crippen molar-refractivity contribution >= 4 is 0 Å². The molecule has 4 nitrogen and oxygen atoms in total. The van der Waals surface area contributed by atoms with Crippen LogP contribution in [-0.2, 0) is 10.8 Å². The maximum absolute atomic E-state index is 9.27. The summed E-state index contributed by atoms with van der Waals surface area (Å²) >= 11 is 0. The highest BCUT2D eigenvalue weighted by molar-refractivity contribution is 5.52. The zero-order valence-corrected chi connectivity index (χ0v) is 18.1. The van der Waals surface area contributed by atoms with Crippen molar-refractivity contribution in [2.75, 3.05) is 20.3 Å².